The van der Waals surface area contributed by atoms with Gasteiger partial charge in [0, 0.05) is 36.3 Å². The van der Waals surface area contributed by atoms with Crippen molar-refractivity contribution in [3.8, 4) is 0 Å². The van der Waals surface area contributed by atoms with Crippen molar-refractivity contribution in [2.45, 2.75) is 50.4 Å². The van der Waals surface area contributed by atoms with Gasteiger partial charge in [0.2, 0.25) is 0 Å². The van der Waals surface area contributed by atoms with Crippen LogP contribution in [0.4, 0.5) is 4.39 Å². The van der Waals surface area contributed by atoms with Crippen molar-refractivity contribution in [3.63, 3.8) is 0 Å². The van der Waals surface area contributed by atoms with Gasteiger partial charge in [-0.25, -0.2) is 4.39 Å². The van der Waals surface area contributed by atoms with Gasteiger partial charge in [0.25, 0.3) is 0 Å². The lowest BCUT2D eigenvalue weighted by atomic mass is 9.98. The van der Waals surface area contributed by atoms with Crippen molar-refractivity contribution >= 4 is 23.3 Å². The first-order valence-electron chi connectivity index (χ1n) is 8.19. The zero-order valence-corrected chi connectivity index (χ0v) is 14.2. The smallest absolute Gasteiger partial charge is 0.132 e. The first-order valence-corrected chi connectivity index (χ1v) is 8.19. The first kappa shape index (κ1) is 16.6. The van der Waals surface area contributed by atoms with E-state index in [0.717, 1.165) is 17.6 Å². The lowest BCUT2D eigenvalue weighted by Gasteiger charge is -2.35. The Morgan fingerprint density at radius 1 is 1.22 bits per heavy atom. The number of piperidine rings is 1. The van der Waals surface area contributed by atoms with Gasteiger partial charge in [-0.1, -0.05) is 6.07 Å². The van der Waals surface area contributed by atoms with E-state index in [2.05, 4.69) is 22.2 Å². The molecule has 0 aliphatic carbocycles. The molecule has 2 unspecified atom stereocenters. The summed E-state index contributed by atoms with van der Waals surface area (Å²) >= 11 is 0. The lowest BCUT2D eigenvalue weighted by molar-refractivity contribution is 0.166. The van der Waals surface area contributed by atoms with Gasteiger partial charge in [0.15, 0.2) is 0 Å². The van der Waals surface area contributed by atoms with Crippen LogP contribution in [0.5, 0.6) is 0 Å². The van der Waals surface area contributed by atoms with Gasteiger partial charge in [-0.2, -0.15) is 0 Å². The first-order chi connectivity index (χ1) is 10.7. The molecule has 4 rings (SSSR count). The molecule has 2 bridgehead atoms. The molecule has 2 aromatic rings. The number of pyridine rings is 1. The van der Waals surface area contributed by atoms with Gasteiger partial charge < -0.3 is 5.32 Å². The van der Waals surface area contributed by atoms with Gasteiger partial charge in [0.05, 0.1) is 5.52 Å². The Hall–Kier alpha value is -1.23. The molecular formula is C18H23ClFN3. The molecule has 5 heteroatoms. The van der Waals surface area contributed by atoms with Crippen LogP contribution in [0, 0.1) is 5.82 Å². The van der Waals surface area contributed by atoms with E-state index in [9.17, 15) is 4.39 Å². The van der Waals surface area contributed by atoms with Crippen LogP contribution in [-0.2, 0) is 6.54 Å². The molecule has 2 fully saturated rings. The van der Waals surface area contributed by atoms with E-state index in [0.29, 0.717) is 23.5 Å². The highest BCUT2D eigenvalue weighted by Gasteiger charge is 2.35. The fraction of sp³-hybridized carbons (Fsp3) is 0.500. The standard InChI is InChI=1S/C18H22FN3.ClH/c1-22(15-9-13-5-6-14(10-15)21-13)11-12-4-7-17(19)16-3-2-8-20-18(12)16;/h2-4,7-8,13-15,21H,5-6,9-11H2,1H3;1H. The summed E-state index contributed by atoms with van der Waals surface area (Å²) in [6.07, 6.45) is 6.82. The van der Waals surface area contributed by atoms with Gasteiger partial charge in [-0.15, -0.1) is 12.4 Å². The van der Waals surface area contributed by atoms with Gasteiger partial charge in [-0.3, -0.25) is 9.88 Å². The summed E-state index contributed by atoms with van der Waals surface area (Å²) in [6, 6.07) is 9.05. The largest absolute Gasteiger partial charge is 0.311 e. The molecule has 2 aliphatic heterocycles. The summed E-state index contributed by atoms with van der Waals surface area (Å²) in [6.45, 7) is 0.831. The zero-order valence-electron chi connectivity index (χ0n) is 13.3. The van der Waals surface area contributed by atoms with Crippen LogP contribution in [0.1, 0.15) is 31.2 Å². The highest BCUT2D eigenvalue weighted by atomic mass is 35.5. The van der Waals surface area contributed by atoms with E-state index >= 15 is 0 Å². The minimum atomic E-state index is -0.186. The molecule has 2 atom stereocenters. The third kappa shape index (κ3) is 3.21. The molecule has 23 heavy (non-hydrogen) atoms. The minimum absolute atomic E-state index is 0. The van der Waals surface area contributed by atoms with Crippen LogP contribution in [0.25, 0.3) is 10.9 Å². The number of hydrogen-bond donors (Lipinski definition) is 1. The Morgan fingerprint density at radius 3 is 2.70 bits per heavy atom. The molecule has 0 saturated carbocycles. The second-order valence-corrected chi connectivity index (χ2v) is 6.78. The molecule has 0 radical (unpaired) electrons. The Bertz CT molecular complexity index is 681. The van der Waals surface area contributed by atoms with Crippen LogP contribution in [0.2, 0.25) is 0 Å². The molecule has 1 aromatic carbocycles. The van der Waals surface area contributed by atoms with E-state index in [1.807, 2.05) is 12.1 Å². The number of fused-ring (bicyclic) bond motifs is 3. The summed E-state index contributed by atoms with van der Waals surface area (Å²) in [4.78, 5) is 6.83. The number of nitrogens with one attached hydrogen (secondary N) is 1. The molecule has 1 aromatic heterocycles. The highest BCUT2D eigenvalue weighted by molar-refractivity contribution is 5.85. The minimum Gasteiger partial charge on any atom is -0.311 e. The number of nitrogens with zero attached hydrogens (tertiary/aromatic N) is 2. The molecule has 2 saturated heterocycles. The Labute approximate surface area is 142 Å². The third-order valence-corrected chi connectivity index (χ3v) is 5.29. The second-order valence-electron chi connectivity index (χ2n) is 6.78. The van der Waals surface area contributed by atoms with E-state index in [-0.39, 0.29) is 18.2 Å². The predicted octanol–water partition coefficient (Wildman–Crippen LogP) is 3.51. The molecule has 0 amide bonds. The molecular weight excluding hydrogens is 313 g/mol. The number of aromatic nitrogens is 1. The van der Waals surface area contributed by atoms with Crippen LogP contribution >= 0.6 is 12.4 Å². The van der Waals surface area contributed by atoms with E-state index in [1.165, 1.54) is 25.7 Å². The summed E-state index contributed by atoms with van der Waals surface area (Å²) < 4.78 is 13.9. The number of rotatable bonds is 3. The molecule has 0 spiro atoms. The Kier molecular flexibility index (Phi) is 4.85. The van der Waals surface area contributed by atoms with Crippen LogP contribution in [-0.4, -0.2) is 35.1 Å². The normalized spacial score (nSPS) is 26.5. The zero-order chi connectivity index (χ0) is 15.1. The van der Waals surface area contributed by atoms with Gasteiger partial charge in [0.1, 0.15) is 5.82 Å². The van der Waals surface area contributed by atoms with Crippen LogP contribution < -0.4 is 5.32 Å². The van der Waals surface area contributed by atoms with Crippen molar-refractivity contribution in [2.24, 2.45) is 0 Å². The molecule has 124 valence electrons. The Morgan fingerprint density at radius 2 is 1.96 bits per heavy atom. The average molecular weight is 336 g/mol. The maximum absolute atomic E-state index is 13.9. The van der Waals surface area contributed by atoms with E-state index in [4.69, 9.17) is 0 Å². The van der Waals surface area contributed by atoms with Crippen LogP contribution in [0.15, 0.2) is 30.5 Å². The number of benzene rings is 1. The van der Waals surface area contributed by atoms with E-state index in [1.54, 1.807) is 18.3 Å². The summed E-state index contributed by atoms with van der Waals surface area (Å²) in [5.74, 6) is -0.186. The van der Waals surface area contributed by atoms with Gasteiger partial charge in [-0.05, 0) is 56.5 Å². The monoisotopic (exact) mass is 335 g/mol. The molecule has 3 nitrogen and oxygen atoms in total. The van der Waals surface area contributed by atoms with Crippen molar-refractivity contribution in [3.05, 3.63) is 41.8 Å². The Balaban J connectivity index is 0.00000156. The second kappa shape index (κ2) is 6.71. The fourth-order valence-corrected chi connectivity index (χ4v) is 4.11. The summed E-state index contributed by atoms with van der Waals surface area (Å²) in [5, 5.41) is 4.31. The molecule has 3 heterocycles. The maximum atomic E-state index is 13.9. The molecule has 2 aliphatic rings. The van der Waals surface area contributed by atoms with Crippen molar-refractivity contribution < 1.29 is 4.39 Å². The predicted molar refractivity (Wildman–Crippen MR) is 93.4 cm³/mol. The number of halogens is 2. The van der Waals surface area contributed by atoms with Crippen LogP contribution in [0.3, 0.4) is 0 Å². The van der Waals surface area contributed by atoms with Crippen molar-refractivity contribution in [2.75, 3.05) is 7.05 Å². The fourth-order valence-electron chi connectivity index (χ4n) is 4.11. The highest BCUT2D eigenvalue weighted by Crippen LogP contribution is 2.30. The van der Waals surface area contributed by atoms with Crippen molar-refractivity contribution in [1.29, 1.82) is 0 Å². The topological polar surface area (TPSA) is 28.2 Å². The third-order valence-electron chi connectivity index (χ3n) is 5.29. The summed E-state index contributed by atoms with van der Waals surface area (Å²) in [7, 11) is 2.19. The maximum Gasteiger partial charge on any atom is 0.132 e. The molecule has 1 N–H and O–H groups in total. The number of hydrogen-bond acceptors (Lipinski definition) is 3. The quantitative estimate of drug-likeness (QED) is 0.930. The van der Waals surface area contributed by atoms with E-state index < -0.39 is 0 Å². The van der Waals surface area contributed by atoms with Crippen molar-refractivity contribution in [1.82, 2.24) is 15.2 Å². The lowest BCUT2D eigenvalue weighted by Crippen LogP contribution is -2.46. The average Bonchev–Trinajstić information content (AvgIpc) is 2.88. The summed E-state index contributed by atoms with van der Waals surface area (Å²) in [5.41, 5.74) is 1.91. The van der Waals surface area contributed by atoms with Gasteiger partial charge >= 0.3 is 0 Å². The SMILES string of the molecule is CN(Cc1ccc(F)c2cccnc12)C1CC2CCC(C1)N2.Cl.